The standard InChI is InChI=1S/C17H14ClN3O/c1-11-9-15(22-13-6-8-20-16(18)10-13)17(21-12(11)2)14-5-3-4-7-19-14/h3-10H,1-2H3. The van der Waals surface area contributed by atoms with E-state index in [-0.39, 0.29) is 0 Å². The molecule has 0 saturated carbocycles. The van der Waals surface area contributed by atoms with Crippen molar-refractivity contribution in [3.8, 4) is 22.9 Å². The highest BCUT2D eigenvalue weighted by Gasteiger charge is 2.13. The van der Waals surface area contributed by atoms with Gasteiger partial charge in [-0.2, -0.15) is 0 Å². The Hall–Kier alpha value is -2.46. The van der Waals surface area contributed by atoms with Crippen molar-refractivity contribution in [2.75, 3.05) is 0 Å². The first-order valence-electron chi connectivity index (χ1n) is 6.82. The number of ether oxygens (including phenoxy) is 1. The summed E-state index contributed by atoms with van der Waals surface area (Å²) in [5.41, 5.74) is 3.47. The minimum atomic E-state index is 0.383. The Morgan fingerprint density at radius 2 is 1.86 bits per heavy atom. The molecular weight excluding hydrogens is 298 g/mol. The predicted molar refractivity (Wildman–Crippen MR) is 86.3 cm³/mol. The predicted octanol–water partition coefficient (Wildman–Crippen LogP) is 4.60. The highest BCUT2D eigenvalue weighted by Crippen LogP contribution is 2.32. The van der Waals surface area contributed by atoms with Gasteiger partial charge in [-0.05, 0) is 43.7 Å². The second-order valence-electron chi connectivity index (χ2n) is 4.87. The molecule has 3 heterocycles. The van der Waals surface area contributed by atoms with Gasteiger partial charge >= 0.3 is 0 Å². The fraction of sp³-hybridized carbons (Fsp3) is 0.118. The van der Waals surface area contributed by atoms with Crippen LogP contribution in [-0.2, 0) is 0 Å². The van der Waals surface area contributed by atoms with Crippen LogP contribution in [0.1, 0.15) is 11.3 Å². The van der Waals surface area contributed by atoms with E-state index in [2.05, 4.69) is 15.0 Å². The van der Waals surface area contributed by atoms with Gasteiger partial charge in [0, 0.05) is 24.2 Å². The third-order valence-electron chi connectivity index (χ3n) is 3.26. The Kier molecular flexibility index (Phi) is 4.02. The van der Waals surface area contributed by atoms with Crippen molar-refractivity contribution in [3.63, 3.8) is 0 Å². The van der Waals surface area contributed by atoms with Crippen molar-refractivity contribution >= 4 is 11.6 Å². The molecule has 0 aliphatic rings. The average Bonchev–Trinajstić information content (AvgIpc) is 2.51. The van der Waals surface area contributed by atoms with Gasteiger partial charge in [-0.1, -0.05) is 17.7 Å². The molecule has 0 spiro atoms. The van der Waals surface area contributed by atoms with Gasteiger partial charge in [0.2, 0.25) is 0 Å². The zero-order valence-corrected chi connectivity index (χ0v) is 13.0. The molecule has 0 fully saturated rings. The summed E-state index contributed by atoms with van der Waals surface area (Å²) in [4.78, 5) is 12.9. The van der Waals surface area contributed by atoms with Gasteiger partial charge < -0.3 is 4.74 Å². The first kappa shape index (κ1) is 14.5. The summed E-state index contributed by atoms with van der Waals surface area (Å²) < 4.78 is 5.95. The number of nitrogens with zero attached hydrogens (tertiary/aromatic N) is 3. The smallest absolute Gasteiger partial charge is 0.155 e. The van der Waals surface area contributed by atoms with Gasteiger partial charge in [-0.3, -0.25) is 4.98 Å². The van der Waals surface area contributed by atoms with Crippen molar-refractivity contribution in [1.29, 1.82) is 0 Å². The van der Waals surface area contributed by atoms with E-state index in [1.165, 1.54) is 0 Å². The van der Waals surface area contributed by atoms with E-state index in [0.717, 1.165) is 17.0 Å². The number of aryl methyl sites for hydroxylation is 2. The summed E-state index contributed by atoms with van der Waals surface area (Å²) in [6.07, 6.45) is 3.34. The van der Waals surface area contributed by atoms with E-state index in [1.54, 1.807) is 24.5 Å². The minimum absolute atomic E-state index is 0.383. The maximum absolute atomic E-state index is 5.95. The number of hydrogen-bond acceptors (Lipinski definition) is 4. The normalized spacial score (nSPS) is 10.5. The highest BCUT2D eigenvalue weighted by molar-refractivity contribution is 6.29. The number of rotatable bonds is 3. The van der Waals surface area contributed by atoms with Crippen LogP contribution in [-0.4, -0.2) is 15.0 Å². The Balaban J connectivity index is 2.08. The van der Waals surface area contributed by atoms with Gasteiger partial charge in [0.25, 0.3) is 0 Å². The molecule has 0 radical (unpaired) electrons. The molecule has 0 atom stereocenters. The topological polar surface area (TPSA) is 47.9 Å². The van der Waals surface area contributed by atoms with E-state index in [0.29, 0.717) is 22.3 Å². The average molecular weight is 312 g/mol. The lowest BCUT2D eigenvalue weighted by Crippen LogP contribution is -1.97. The quantitative estimate of drug-likeness (QED) is 0.663. The molecule has 0 amide bonds. The van der Waals surface area contributed by atoms with Gasteiger partial charge in [0.1, 0.15) is 16.6 Å². The Morgan fingerprint density at radius 1 is 1.00 bits per heavy atom. The molecule has 22 heavy (non-hydrogen) atoms. The van der Waals surface area contributed by atoms with Crippen molar-refractivity contribution in [2.45, 2.75) is 13.8 Å². The molecule has 3 aromatic heterocycles. The largest absolute Gasteiger partial charge is 0.455 e. The van der Waals surface area contributed by atoms with Gasteiger partial charge in [0.15, 0.2) is 5.75 Å². The fourth-order valence-corrected chi connectivity index (χ4v) is 2.18. The molecule has 0 bridgehead atoms. The van der Waals surface area contributed by atoms with E-state index >= 15 is 0 Å². The molecular formula is C17H14ClN3O. The van der Waals surface area contributed by atoms with Crippen LogP contribution < -0.4 is 4.74 Å². The van der Waals surface area contributed by atoms with Crippen LogP contribution in [0.4, 0.5) is 0 Å². The number of pyridine rings is 3. The van der Waals surface area contributed by atoms with Crippen LogP contribution in [0.5, 0.6) is 11.5 Å². The summed E-state index contributed by atoms with van der Waals surface area (Å²) in [5.74, 6) is 1.26. The van der Waals surface area contributed by atoms with Crippen molar-refractivity contribution < 1.29 is 4.74 Å². The zero-order valence-electron chi connectivity index (χ0n) is 12.2. The maximum atomic E-state index is 5.95. The SMILES string of the molecule is Cc1cc(Oc2ccnc(Cl)c2)c(-c2ccccn2)nc1C. The second kappa shape index (κ2) is 6.12. The summed E-state index contributed by atoms with van der Waals surface area (Å²) >= 11 is 5.91. The molecule has 0 aliphatic heterocycles. The summed E-state index contributed by atoms with van der Waals surface area (Å²) in [5, 5.41) is 0.383. The fourth-order valence-electron chi connectivity index (χ4n) is 2.02. The van der Waals surface area contributed by atoms with Crippen LogP contribution in [0.3, 0.4) is 0 Å². The molecule has 3 rings (SSSR count). The second-order valence-corrected chi connectivity index (χ2v) is 5.26. The summed E-state index contributed by atoms with van der Waals surface area (Å²) in [6, 6.07) is 11.1. The van der Waals surface area contributed by atoms with Gasteiger partial charge in [-0.15, -0.1) is 0 Å². The lowest BCUT2D eigenvalue weighted by atomic mass is 10.1. The van der Waals surface area contributed by atoms with Crippen LogP contribution in [0.15, 0.2) is 48.8 Å². The van der Waals surface area contributed by atoms with E-state index in [1.807, 2.05) is 38.1 Å². The zero-order chi connectivity index (χ0) is 15.5. The molecule has 110 valence electrons. The highest BCUT2D eigenvalue weighted by atomic mass is 35.5. The number of halogens is 1. The Bertz CT molecular complexity index is 806. The van der Waals surface area contributed by atoms with Gasteiger partial charge in [-0.25, -0.2) is 9.97 Å². The van der Waals surface area contributed by atoms with Crippen LogP contribution in [0.25, 0.3) is 11.4 Å². The third-order valence-corrected chi connectivity index (χ3v) is 3.47. The monoisotopic (exact) mass is 311 g/mol. The molecule has 0 saturated heterocycles. The number of hydrogen-bond donors (Lipinski definition) is 0. The van der Waals surface area contributed by atoms with Crippen LogP contribution >= 0.6 is 11.6 Å². The first-order chi connectivity index (χ1) is 10.6. The molecule has 0 unspecified atom stereocenters. The van der Waals surface area contributed by atoms with Crippen molar-refractivity contribution in [1.82, 2.24) is 15.0 Å². The lowest BCUT2D eigenvalue weighted by molar-refractivity contribution is 0.480. The van der Waals surface area contributed by atoms with E-state index < -0.39 is 0 Å². The Morgan fingerprint density at radius 3 is 2.59 bits per heavy atom. The van der Waals surface area contributed by atoms with Crippen molar-refractivity contribution in [3.05, 3.63) is 65.2 Å². The van der Waals surface area contributed by atoms with Crippen molar-refractivity contribution in [2.24, 2.45) is 0 Å². The summed E-state index contributed by atoms with van der Waals surface area (Å²) in [6.45, 7) is 3.96. The third kappa shape index (κ3) is 3.07. The Labute approximate surface area is 133 Å². The lowest BCUT2D eigenvalue weighted by Gasteiger charge is -2.12. The molecule has 0 N–H and O–H groups in total. The van der Waals surface area contributed by atoms with Gasteiger partial charge in [0.05, 0.1) is 5.69 Å². The minimum Gasteiger partial charge on any atom is -0.455 e. The first-order valence-corrected chi connectivity index (χ1v) is 7.20. The summed E-state index contributed by atoms with van der Waals surface area (Å²) in [7, 11) is 0. The molecule has 5 heteroatoms. The van der Waals surface area contributed by atoms with E-state index in [9.17, 15) is 0 Å². The number of aromatic nitrogens is 3. The molecule has 3 aromatic rings. The molecule has 4 nitrogen and oxygen atoms in total. The van der Waals surface area contributed by atoms with E-state index in [4.69, 9.17) is 16.3 Å². The maximum Gasteiger partial charge on any atom is 0.155 e. The molecule has 0 aromatic carbocycles. The van der Waals surface area contributed by atoms with Crippen LogP contribution in [0, 0.1) is 13.8 Å². The van der Waals surface area contributed by atoms with Crippen LogP contribution in [0.2, 0.25) is 5.15 Å². The molecule has 0 aliphatic carbocycles.